The van der Waals surface area contributed by atoms with Gasteiger partial charge < -0.3 is 14.6 Å². The molecule has 3 rings (SSSR count). The Morgan fingerprint density at radius 1 is 1.15 bits per heavy atom. The third-order valence-corrected chi connectivity index (χ3v) is 4.96. The molecule has 0 radical (unpaired) electrons. The molecule has 0 aliphatic carbocycles. The summed E-state index contributed by atoms with van der Waals surface area (Å²) in [6.45, 7) is 3.29. The van der Waals surface area contributed by atoms with E-state index in [1.807, 2.05) is 37.3 Å². The molecule has 5 nitrogen and oxygen atoms in total. The maximum Gasteiger partial charge on any atom is 0.336 e. The van der Waals surface area contributed by atoms with Gasteiger partial charge in [0.15, 0.2) is 0 Å². The van der Waals surface area contributed by atoms with Gasteiger partial charge in [-0.1, -0.05) is 23.7 Å². The lowest BCUT2D eigenvalue weighted by atomic mass is 10.1. The lowest BCUT2D eigenvalue weighted by Crippen LogP contribution is -3.06. The number of fused-ring (bicyclic) bond motifs is 1. The van der Waals surface area contributed by atoms with Crippen molar-refractivity contribution in [2.24, 2.45) is 0 Å². The molecular weight excluding hydrogens is 364 g/mol. The van der Waals surface area contributed by atoms with E-state index in [0.29, 0.717) is 22.7 Å². The largest absolute Gasteiger partial charge is 0.423 e. The molecule has 0 bridgehead atoms. The van der Waals surface area contributed by atoms with Gasteiger partial charge in [0.2, 0.25) is 0 Å². The topological polar surface area (TPSA) is 63.8 Å². The molecule has 2 aromatic carbocycles. The van der Waals surface area contributed by atoms with Crippen molar-refractivity contribution in [2.45, 2.75) is 20.0 Å². The van der Waals surface area contributed by atoms with Crippen molar-refractivity contribution >= 4 is 28.5 Å². The number of aryl methyl sites for hydroxylation is 1. The van der Waals surface area contributed by atoms with Crippen molar-refractivity contribution < 1.29 is 14.1 Å². The number of rotatable bonds is 5. The van der Waals surface area contributed by atoms with E-state index in [1.54, 1.807) is 13.1 Å². The maximum absolute atomic E-state index is 11.9. The van der Waals surface area contributed by atoms with Crippen LogP contribution in [0.1, 0.15) is 27.0 Å². The van der Waals surface area contributed by atoms with Gasteiger partial charge in [0, 0.05) is 40.2 Å². The predicted molar refractivity (Wildman–Crippen MR) is 106 cm³/mol. The number of halogens is 1. The number of nitrogens with one attached hydrogen (secondary N) is 2. The molecule has 1 aromatic heterocycles. The van der Waals surface area contributed by atoms with Gasteiger partial charge in [-0.3, -0.25) is 4.79 Å². The summed E-state index contributed by atoms with van der Waals surface area (Å²) in [7, 11) is 3.67. The average molecular weight is 386 g/mol. The summed E-state index contributed by atoms with van der Waals surface area (Å²) in [5.41, 5.74) is 3.73. The fourth-order valence-corrected chi connectivity index (χ4v) is 3.31. The van der Waals surface area contributed by atoms with Crippen molar-refractivity contribution in [3.8, 4) is 0 Å². The summed E-state index contributed by atoms with van der Waals surface area (Å²) in [5.74, 6) is -0.100. The van der Waals surface area contributed by atoms with Crippen LogP contribution in [0, 0.1) is 6.92 Å². The van der Waals surface area contributed by atoms with E-state index < -0.39 is 0 Å². The van der Waals surface area contributed by atoms with Crippen LogP contribution >= 0.6 is 11.6 Å². The maximum atomic E-state index is 11.9. The second kappa shape index (κ2) is 7.94. The molecule has 1 unspecified atom stereocenters. The fraction of sp³-hybridized carbons (Fsp3) is 0.238. The molecule has 0 saturated carbocycles. The summed E-state index contributed by atoms with van der Waals surface area (Å²) in [4.78, 5) is 24.8. The van der Waals surface area contributed by atoms with E-state index in [0.717, 1.165) is 28.6 Å². The van der Waals surface area contributed by atoms with Gasteiger partial charge in [0.05, 0.1) is 7.05 Å². The van der Waals surface area contributed by atoms with Crippen LogP contribution in [0.2, 0.25) is 5.02 Å². The van der Waals surface area contributed by atoms with E-state index in [1.165, 1.54) is 11.0 Å². The van der Waals surface area contributed by atoms with Gasteiger partial charge in [-0.15, -0.1) is 0 Å². The average Bonchev–Trinajstić information content (AvgIpc) is 2.63. The highest BCUT2D eigenvalue weighted by Gasteiger charge is 2.13. The van der Waals surface area contributed by atoms with Gasteiger partial charge in [-0.25, -0.2) is 4.79 Å². The lowest BCUT2D eigenvalue weighted by molar-refractivity contribution is -0.907. The van der Waals surface area contributed by atoms with Gasteiger partial charge in [-0.05, 0) is 36.8 Å². The molecule has 1 atom stereocenters. The van der Waals surface area contributed by atoms with Crippen molar-refractivity contribution in [2.75, 3.05) is 14.1 Å². The number of carbonyl (C=O) groups is 1. The Morgan fingerprint density at radius 3 is 2.52 bits per heavy atom. The second-order valence-electron chi connectivity index (χ2n) is 6.77. The zero-order valence-corrected chi connectivity index (χ0v) is 16.3. The fourth-order valence-electron chi connectivity index (χ4n) is 3.15. The molecule has 3 aromatic rings. The van der Waals surface area contributed by atoms with Crippen LogP contribution in [0.5, 0.6) is 0 Å². The van der Waals surface area contributed by atoms with E-state index in [2.05, 4.69) is 12.4 Å². The van der Waals surface area contributed by atoms with E-state index >= 15 is 0 Å². The third kappa shape index (κ3) is 4.38. The second-order valence-corrected chi connectivity index (χ2v) is 7.18. The standard InChI is InChI=1S/C21H21ClN2O3/c1-13-8-19-17(10-18(13)22)16(9-20(25)27-19)12-24(3)11-14-4-6-15(7-5-14)21(26)23-2/h4-10H,11-12H2,1-3H3,(H,23,26)/p+1. The number of carbonyl (C=O) groups excluding carboxylic acids is 1. The first kappa shape index (κ1) is 19.1. The summed E-state index contributed by atoms with van der Waals surface area (Å²) >= 11 is 6.26. The van der Waals surface area contributed by atoms with Crippen LogP contribution in [0.4, 0.5) is 0 Å². The van der Waals surface area contributed by atoms with Crippen LogP contribution in [-0.2, 0) is 13.1 Å². The van der Waals surface area contributed by atoms with Crippen LogP contribution in [0.25, 0.3) is 11.0 Å². The van der Waals surface area contributed by atoms with Crippen LogP contribution in [0.3, 0.4) is 0 Å². The molecule has 0 aliphatic rings. The monoisotopic (exact) mass is 385 g/mol. The number of hydrogen-bond donors (Lipinski definition) is 2. The minimum atomic E-state index is -0.359. The highest BCUT2D eigenvalue weighted by atomic mass is 35.5. The molecule has 6 heteroatoms. The molecule has 27 heavy (non-hydrogen) atoms. The molecule has 0 aliphatic heterocycles. The normalized spacial score (nSPS) is 12.1. The Bertz CT molecular complexity index is 1040. The Kier molecular flexibility index (Phi) is 5.63. The Labute approximate surface area is 162 Å². The zero-order chi connectivity index (χ0) is 19.6. The van der Waals surface area contributed by atoms with Crippen molar-refractivity contribution in [1.82, 2.24) is 5.32 Å². The third-order valence-electron chi connectivity index (χ3n) is 4.55. The zero-order valence-electron chi connectivity index (χ0n) is 15.6. The molecule has 1 amide bonds. The predicted octanol–water partition coefficient (Wildman–Crippen LogP) is 2.33. The molecule has 0 spiro atoms. The lowest BCUT2D eigenvalue weighted by Gasteiger charge is -2.15. The highest BCUT2D eigenvalue weighted by molar-refractivity contribution is 6.32. The van der Waals surface area contributed by atoms with Crippen LogP contribution in [-0.4, -0.2) is 20.0 Å². The molecular formula is C21H22ClN2O3+. The first-order valence-electron chi connectivity index (χ1n) is 8.72. The van der Waals surface area contributed by atoms with Crippen LogP contribution in [0.15, 0.2) is 51.7 Å². The van der Waals surface area contributed by atoms with Gasteiger partial charge in [0.1, 0.15) is 18.7 Å². The molecule has 0 fully saturated rings. The van der Waals surface area contributed by atoms with Gasteiger partial charge in [0.25, 0.3) is 5.91 Å². The molecule has 1 heterocycles. The number of hydrogen-bond acceptors (Lipinski definition) is 3. The smallest absolute Gasteiger partial charge is 0.336 e. The van der Waals surface area contributed by atoms with Crippen molar-refractivity contribution in [3.63, 3.8) is 0 Å². The summed E-state index contributed by atoms with van der Waals surface area (Å²) in [6.07, 6.45) is 0. The first-order chi connectivity index (χ1) is 12.9. The first-order valence-corrected chi connectivity index (χ1v) is 9.10. The number of benzene rings is 2. The summed E-state index contributed by atoms with van der Waals surface area (Å²) in [5, 5.41) is 4.12. The van der Waals surface area contributed by atoms with Gasteiger partial charge in [-0.2, -0.15) is 0 Å². The Balaban J connectivity index is 1.81. The minimum absolute atomic E-state index is 0.100. The van der Waals surface area contributed by atoms with Gasteiger partial charge >= 0.3 is 5.63 Å². The summed E-state index contributed by atoms with van der Waals surface area (Å²) < 4.78 is 5.32. The van der Waals surface area contributed by atoms with Crippen LogP contribution < -0.4 is 15.8 Å². The van der Waals surface area contributed by atoms with E-state index in [9.17, 15) is 9.59 Å². The number of amides is 1. The Morgan fingerprint density at radius 2 is 1.85 bits per heavy atom. The van der Waals surface area contributed by atoms with E-state index in [-0.39, 0.29) is 11.5 Å². The summed E-state index contributed by atoms with van der Waals surface area (Å²) in [6, 6.07) is 12.7. The highest BCUT2D eigenvalue weighted by Crippen LogP contribution is 2.24. The molecule has 2 N–H and O–H groups in total. The number of quaternary nitrogens is 1. The Hall–Kier alpha value is -2.63. The quantitative estimate of drug-likeness (QED) is 0.662. The SMILES string of the molecule is CNC(=O)c1ccc(C[NH+](C)Cc2cc(=O)oc3cc(C)c(Cl)cc23)cc1. The minimum Gasteiger partial charge on any atom is -0.423 e. The van der Waals surface area contributed by atoms with E-state index in [4.69, 9.17) is 16.0 Å². The molecule has 140 valence electrons. The van der Waals surface area contributed by atoms with Crippen molar-refractivity contribution in [1.29, 1.82) is 0 Å². The van der Waals surface area contributed by atoms with Crippen molar-refractivity contribution in [3.05, 3.63) is 80.2 Å². The molecule has 0 saturated heterocycles.